The molecule has 1 aromatic heterocycles. The highest BCUT2D eigenvalue weighted by Gasteiger charge is 2.39. The highest BCUT2D eigenvalue weighted by atomic mass is 32.2. The summed E-state index contributed by atoms with van der Waals surface area (Å²) in [6.07, 6.45) is 1.93. The third-order valence-electron chi connectivity index (χ3n) is 9.40. The lowest BCUT2D eigenvalue weighted by Crippen LogP contribution is -2.51. The smallest absolute Gasteiger partial charge is 0.344 e. The number of methoxy groups -OCH3 is 2. The molecule has 6 rings (SSSR count). The molecule has 2 unspecified atom stereocenters. The molecule has 0 radical (unpaired) electrons. The SMILES string of the molecule is CCCN1CCN(C2CCN(C(=O)C(c3ccccc3)n3c(=O)n(S(=O)(=O)c4ccc(OC)cc4OC)c4ccc(C#N)cc43)C2)CC1. The maximum atomic E-state index is 14.6. The molecule has 12 nitrogen and oxygen atoms in total. The average Bonchev–Trinajstić information content (AvgIpc) is 3.72. The van der Waals surface area contributed by atoms with E-state index in [1.54, 1.807) is 29.2 Å². The number of nitriles is 1. The van der Waals surface area contributed by atoms with Crippen LogP contribution in [-0.4, -0.2) is 104 Å². The van der Waals surface area contributed by atoms with Gasteiger partial charge in [0.25, 0.3) is 15.9 Å². The highest BCUT2D eigenvalue weighted by Crippen LogP contribution is 2.33. The van der Waals surface area contributed by atoms with Gasteiger partial charge in [0.2, 0.25) is 0 Å². The van der Waals surface area contributed by atoms with E-state index >= 15 is 0 Å². The van der Waals surface area contributed by atoms with Crippen molar-refractivity contribution in [3.8, 4) is 17.6 Å². The van der Waals surface area contributed by atoms with Crippen molar-refractivity contribution < 1.29 is 22.7 Å². The van der Waals surface area contributed by atoms with E-state index in [-0.39, 0.29) is 39.2 Å². The number of ether oxygens (including phenoxy) is 2. The number of carbonyl (C=O) groups is 1. The monoisotopic (exact) mass is 672 g/mol. The number of imidazole rings is 1. The minimum Gasteiger partial charge on any atom is -0.497 e. The summed E-state index contributed by atoms with van der Waals surface area (Å²) >= 11 is 0. The van der Waals surface area contributed by atoms with Gasteiger partial charge in [0.1, 0.15) is 22.4 Å². The number of piperazine rings is 1. The second-order valence-corrected chi connectivity index (χ2v) is 13.9. The van der Waals surface area contributed by atoms with Crippen molar-refractivity contribution in [2.75, 3.05) is 60.0 Å². The van der Waals surface area contributed by atoms with E-state index in [2.05, 4.69) is 22.8 Å². The van der Waals surface area contributed by atoms with Gasteiger partial charge in [0, 0.05) is 51.4 Å². The number of aromatic nitrogens is 2. The predicted octanol–water partition coefficient (Wildman–Crippen LogP) is 3.15. The third-order valence-corrected chi connectivity index (χ3v) is 11.1. The third kappa shape index (κ3) is 6.07. The molecule has 4 aromatic rings. The topological polar surface area (TPSA) is 130 Å². The second kappa shape index (κ2) is 13.8. The van der Waals surface area contributed by atoms with Crippen molar-refractivity contribution in [3.63, 3.8) is 0 Å². The van der Waals surface area contributed by atoms with Crippen LogP contribution in [0.15, 0.2) is 76.4 Å². The molecule has 2 atom stereocenters. The van der Waals surface area contributed by atoms with Gasteiger partial charge in [0.05, 0.1) is 36.9 Å². The standard InChI is InChI=1S/C35H40N6O6S/c1-4-15-37-17-19-38(20-18-37)27-14-16-39(24-27)34(42)33(26-8-6-5-7-9-26)40-30-21-25(23-36)10-12-29(30)41(35(40)43)48(44,45)32-13-11-28(46-2)22-31(32)47-3/h5-13,21-22,27,33H,4,14-20,24H2,1-3H3. The molecule has 3 aromatic carbocycles. The summed E-state index contributed by atoms with van der Waals surface area (Å²) in [4.78, 5) is 35.7. The minimum atomic E-state index is -4.57. The molecule has 252 valence electrons. The minimum absolute atomic E-state index is 0.00915. The van der Waals surface area contributed by atoms with Crippen LogP contribution in [0.25, 0.3) is 11.0 Å². The average molecular weight is 673 g/mol. The van der Waals surface area contributed by atoms with Gasteiger partial charge in [-0.3, -0.25) is 14.3 Å². The number of carbonyl (C=O) groups excluding carboxylic acids is 1. The first-order valence-corrected chi connectivity index (χ1v) is 17.6. The Kier molecular flexibility index (Phi) is 9.59. The lowest BCUT2D eigenvalue weighted by molar-refractivity contribution is -0.132. The lowest BCUT2D eigenvalue weighted by atomic mass is 10.0. The second-order valence-electron chi connectivity index (χ2n) is 12.2. The number of likely N-dealkylation sites (tertiary alicyclic amines) is 1. The van der Waals surface area contributed by atoms with Crippen LogP contribution >= 0.6 is 0 Å². The van der Waals surface area contributed by atoms with Crippen LogP contribution < -0.4 is 15.2 Å². The first kappa shape index (κ1) is 33.3. The Morgan fingerprint density at radius 1 is 0.958 bits per heavy atom. The zero-order valence-electron chi connectivity index (χ0n) is 27.4. The van der Waals surface area contributed by atoms with E-state index in [0.717, 1.165) is 45.6 Å². The van der Waals surface area contributed by atoms with Crippen LogP contribution in [0, 0.1) is 11.3 Å². The molecular formula is C35H40N6O6S. The summed E-state index contributed by atoms with van der Waals surface area (Å²) in [5.41, 5.74) is 0.00973. The van der Waals surface area contributed by atoms with Crippen LogP contribution in [-0.2, 0) is 14.8 Å². The maximum Gasteiger partial charge on any atom is 0.344 e. The Bertz CT molecular complexity index is 2010. The van der Waals surface area contributed by atoms with Gasteiger partial charge in [-0.05, 0) is 55.3 Å². The van der Waals surface area contributed by atoms with E-state index < -0.39 is 21.8 Å². The summed E-state index contributed by atoms with van der Waals surface area (Å²) in [6, 6.07) is 18.5. The van der Waals surface area contributed by atoms with Crippen molar-refractivity contribution in [2.45, 2.75) is 36.7 Å². The first-order chi connectivity index (χ1) is 23.2. The van der Waals surface area contributed by atoms with Crippen LogP contribution in [0.4, 0.5) is 0 Å². The summed E-state index contributed by atoms with van der Waals surface area (Å²) in [5.74, 6) is 0.0575. The Labute approximate surface area is 280 Å². The van der Waals surface area contributed by atoms with Gasteiger partial charge in [-0.2, -0.15) is 9.23 Å². The molecule has 0 aliphatic carbocycles. The van der Waals surface area contributed by atoms with Crippen molar-refractivity contribution >= 4 is 27.0 Å². The molecular weight excluding hydrogens is 632 g/mol. The molecule has 2 aliphatic heterocycles. The summed E-state index contributed by atoms with van der Waals surface area (Å²) in [7, 11) is -1.79. The molecule has 1 amide bonds. The Balaban J connectivity index is 1.45. The van der Waals surface area contributed by atoms with Crippen molar-refractivity contribution in [2.24, 2.45) is 0 Å². The van der Waals surface area contributed by atoms with Gasteiger partial charge < -0.3 is 19.3 Å². The summed E-state index contributed by atoms with van der Waals surface area (Å²) in [5, 5.41) is 9.78. The van der Waals surface area contributed by atoms with Gasteiger partial charge in [-0.25, -0.2) is 13.2 Å². The molecule has 0 N–H and O–H groups in total. The number of fused-ring (bicyclic) bond motifs is 1. The number of nitrogens with zero attached hydrogens (tertiary/aromatic N) is 6. The van der Waals surface area contributed by atoms with E-state index in [0.29, 0.717) is 28.4 Å². The van der Waals surface area contributed by atoms with Crippen molar-refractivity contribution in [3.05, 3.63) is 88.3 Å². The van der Waals surface area contributed by atoms with Crippen LogP contribution in [0.1, 0.15) is 36.9 Å². The van der Waals surface area contributed by atoms with E-state index in [1.165, 1.54) is 55.2 Å². The van der Waals surface area contributed by atoms with Gasteiger partial charge in [-0.1, -0.05) is 37.3 Å². The molecule has 0 bridgehead atoms. The van der Waals surface area contributed by atoms with Crippen LogP contribution in [0.2, 0.25) is 0 Å². The molecule has 2 fully saturated rings. The first-order valence-electron chi connectivity index (χ1n) is 16.2. The number of hydrogen-bond donors (Lipinski definition) is 0. The van der Waals surface area contributed by atoms with Crippen molar-refractivity contribution in [1.29, 1.82) is 5.26 Å². The Morgan fingerprint density at radius 3 is 2.38 bits per heavy atom. The van der Waals surface area contributed by atoms with E-state index in [1.807, 2.05) is 6.07 Å². The van der Waals surface area contributed by atoms with Gasteiger partial charge in [-0.15, -0.1) is 0 Å². The number of hydrogen-bond acceptors (Lipinski definition) is 9. The van der Waals surface area contributed by atoms with Crippen molar-refractivity contribution in [1.82, 2.24) is 23.2 Å². The lowest BCUT2D eigenvalue weighted by Gasteiger charge is -2.38. The maximum absolute atomic E-state index is 14.6. The number of rotatable bonds is 10. The molecule has 0 saturated carbocycles. The fourth-order valence-electron chi connectivity index (χ4n) is 6.95. The zero-order valence-corrected chi connectivity index (χ0v) is 28.2. The largest absolute Gasteiger partial charge is 0.497 e. The molecule has 13 heteroatoms. The Hall–Kier alpha value is -4.64. The van der Waals surface area contributed by atoms with E-state index in [4.69, 9.17) is 9.47 Å². The van der Waals surface area contributed by atoms with Gasteiger partial charge >= 0.3 is 5.69 Å². The zero-order chi connectivity index (χ0) is 34.0. The molecule has 3 heterocycles. The number of benzene rings is 3. The molecule has 48 heavy (non-hydrogen) atoms. The predicted molar refractivity (Wildman–Crippen MR) is 181 cm³/mol. The number of amides is 1. The summed E-state index contributed by atoms with van der Waals surface area (Å²) < 4.78 is 41.2. The van der Waals surface area contributed by atoms with E-state index in [9.17, 15) is 23.3 Å². The quantitative estimate of drug-likeness (QED) is 0.250. The Morgan fingerprint density at radius 2 is 1.71 bits per heavy atom. The fraction of sp³-hybridized carbons (Fsp3) is 0.400. The van der Waals surface area contributed by atoms with Gasteiger partial charge in [0.15, 0.2) is 0 Å². The highest BCUT2D eigenvalue weighted by molar-refractivity contribution is 7.90. The molecule has 2 saturated heterocycles. The molecule has 0 spiro atoms. The summed E-state index contributed by atoms with van der Waals surface area (Å²) in [6.45, 7) is 8.15. The fourth-order valence-corrected chi connectivity index (χ4v) is 8.49. The normalized spacial score (nSPS) is 18.1. The van der Waals surface area contributed by atoms with Crippen LogP contribution in [0.3, 0.4) is 0 Å². The van der Waals surface area contributed by atoms with Crippen LogP contribution in [0.5, 0.6) is 11.5 Å². The molecule has 2 aliphatic rings.